The van der Waals surface area contributed by atoms with Crippen LogP contribution in [0.1, 0.15) is 38.4 Å². The molecule has 1 aromatic rings. The van der Waals surface area contributed by atoms with E-state index in [0.29, 0.717) is 24.2 Å². The lowest BCUT2D eigenvalue weighted by atomic mass is 10.1. The van der Waals surface area contributed by atoms with Crippen molar-refractivity contribution in [1.82, 2.24) is 20.4 Å². The van der Waals surface area contributed by atoms with E-state index >= 15 is 0 Å². The zero-order chi connectivity index (χ0) is 14.5. The van der Waals surface area contributed by atoms with Crippen molar-refractivity contribution in [3.63, 3.8) is 0 Å². The molecule has 2 N–H and O–H groups in total. The van der Waals surface area contributed by atoms with E-state index in [4.69, 9.17) is 4.52 Å². The third kappa shape index (κ3) is 3.69. The van der Waals surface area contributed by atoms with Gasteiger partial charge in [-0.05, 0) is 18.8 Å². The number of amides is 2. The highest BCUT2D eigenvalue weighted by molar-refractivity contribution is 5.74. The van der Waals surface area contributed by atoms with Gasteiger partial charge in [0.2, 0.25) is 5.89 Å². The number of aliphatic hydroxyl groups excluding tert-OH is 1. The summed E-state index contributed by atoms with van der Waals surface area (Å²) in [5.74, 6) is 1.53. The number of aliphatic hydroxyl groups is 1. The predicted molar refractivity (Wildman–Crippen MR) is 71.9 cm³/mol. The maximum absolute atomic E-state index is 12.0. The number of hydrogen-bond donors (Lipinski definition) is 2. The van der Waals surface area contributed by atoms with Gasteiger partial charge in [0.25, 0.3) is 0 Å². The summed E-state index contributed by atoms with van der Waals surface area (Å²) in [5, 5.41) is 15.8. The molecule has 7 heteroatoms. The fourth-order valence-electron chi connectivity index (χ4n) is 2.34. The largest absolute Gasteiger partial charge is 0.394 e. The molecule has 0 spiro atoms. The molecule has 0 unspecified atom stereocenters. The number of nitrogens with zero attached hydrogens (tertiary/aromatic N) is 3. The number of aromatic nitrogens is 2. The van der Waals surface area contributed by atoms with Gasteiger partial charge in [0.1, 0.15) is 0 Å². The fraction of sp³-hybridized carbons (Fsp3) is 0.769. The first-order valence-corrected chi connectivity index (χ1v) is 7.07. The molecule has 1 aliphatic heterocycles. The van der Waals surface area contributed by atoms with Gasteiger partial charge in [-0.15, -0.1) is 0 Å². The van der Waals surface area contributed by atoms with E-state index in [-0.39, 0.29) is 25.2 Å². The van der Waals surface area contributed by atoms with E-state index in [9.17, 15) is 9.90 Å². The van der Waals surface area contributed by atoms with Gasteiger partial charge in [0.05, 0.1) is 19.2 Å². The van der Waals surface area contributed by atoms with Crippen molar-refractivity contribution in [3.05, 3.63) is 11.7 Å². The summed E-state index contributed by atoms with van der Waals surface area (Å²) in [7, 11) is 0. The number of nitrogens with one attached hydrogen (secondary N) is 1. The Morgan fingerprint density at radius 1 is 1.60 bits per heavy atom. The number of rotatable bonds is 5. The van der Waals surface area contributed by atoms with Crippen LogP contribution in [0.3, 0.4) is 0 Å². The maximum atomic E-state index is 12.0. The van der Waals surface area contributed by atoms with Gasteiger partial charge in [0.15, 0.2) is 5.82 Å². The number of carbonyl (C=O) groups excluding carboxylic acids is 1. The first kappa shape index (κ1) is 14.8. The number of likely N-dealkylation sites (tertiary alicyclic amines) is 1. The van der Waals surface area contributed by atoms with Crippen LogP contribution in [0.2, 0.25) is 0 Å². The molecular formula is C13H22N4O3. The van der Waals surface area contributed by atoms with Gasteiger partial charge in [-0.25, -0.2) is 4.79 Å². The van der Waals surface area contributed by atoms with Crippen LogP contribution < -0.4 is 5.32 Å². The predicted octanol–water partition coefficient (Wildman–Crippen LogP) is 0.934. The molecule has 1 fully saturated rings. The second kappa shape index (κ2) is 6.69. The Morgan fingerprint density at radius 3 is 3.10 bits per heavy atom. The number of urea groups is 1. The molecule has 0 saturated carbocycles. The molecule has 112 valence electrons. The summed E-state index contributed by atoms with van der Waals surface area (Å²) in [5.41, 5.74) is 0. The molecule has 1 aromatic heterocycles. The van der Waals surface area contributed by atoms with Gasteiger partial charge in [-0.3, -0.25) is 0 Å². The summed E-state index contributed by atoms with van der Waals surface area (Å²) in [6.45, 7) is 5.09. The Kier molecular flexibility index (Phi) is 4.94. The average molecular weight is 282 g/mol. The molecule has 0 radical (unpaired) electrons. The van der Waals surface area contributed by atoms with Crippen molar-refractivity contribution in [2.24, 2.45) is 5.92 Å². The van der Waals surface area contributed by atoms with Gasteiger partial charge in [-0.2, -0.15) is 4.98 Å². The minimum Gasteiger partial charge on any atom is -0.394 e. The van der Waals surface area contributed by atoms with Crippen LogP contribution in [0.15, 0.2) is 4.52 Å². The van der Waals surface area contributed by atoms with E-state index < -0.39 is 0 Å². The van der Waals surface area contributed by atoms with Crippen LogP contribution in [0, 0.1) is 5.92 Å². The molecule has 0 aliphatic carbocycles. The van der Waals surface area contributed by atoms with Crippen molar-refractivity contribution in [1.29, 1.82) is 0 Å². The van der Waals surface area contributed by atoms with Crippen molar-refractivity contribution in [2.45, 2.75) is 45.7 Å². The Hall–Kier alpha value is -1.63. The van der Waals surface area contributed by atoms with Crippen molar-refractivity contribution >= 4 is 6.03 Å². The quantitative estimate of drug-likeness (QED) is 0.838. The zero-order valence-electron chi connectivity index (χ0n) is 12.0. The van der Waals surface area contributed by atoms with E-state index in [2.05, 4.69) is 29.3 Å². The fourth-order valence-corrected chi connectivity index (χ4v) is 2.34. The molecular weight excluding hydrogens is 260 g/mol. The second-order valence-corrected chi connectivity index (χ2v) is 5.53. The highest BCUT2D eigenvalue weighted by Gasteiger charge is 2.27. The van der Waals surface area contributed by atoms with E-state index in [1.165, 1.54) is 0 Å². The maximum Gasteiger partial charge on any atom is 0.318 e. The summed E-state index contributed by atoms with van der Waals surface area (Å²) in [4.78, 5) is 17.9. The lowest BCUT2D eigenvalue weighted by Gasteiger charge is -2.22. The lowest BCUT2D eigenvalue weighted by Crippen LogP contribution is -2.44. The zero-order valence-corrected chi connectivity index (χ0v) is 12.0. The van der Waals surface area contributed by atoms with Gasteiger partial charge in [-0.1, -0.05) is 19.0 Å². The number of hydrogen-bond acceptors (Lipinski definition) is 5. The lowest BCUT2D eigenvalue weighted by molar-refractivity contribution is 0.156. The van der Waals surface area contributed by atoms with Crippen LogP contribution in [0.5, 0.6) is 0 Å². The standard InChI is InChI=1S/C13H22N4O3/c1-9(2)6-12-15-11(16-20-12)7-14-13(19)17-5-3-4-10(17)8-18/h9-10,18H,3-8H2,1-2H3,(H,14,19)/t10-/m1/s1. The minimum absolute atomic E-state index is 0.00810. The third-order valence-electron chi connectivity index (χ3n) is 3.34. The van der Waals surface area contributed by atoms with Crippen LogP contribution in [0.25, 0.3) is 0 Å². The van der Waals surface area contributed by atoms with Crippen LogP contribution >= 0.6 is 0 Å². The molecule has 0 aromatic carbocycles. The van der Waals surface area contributed by atoms with Gasteiger partial charge in [0, 0.05) is 13.0 Å². The van der Waals surface area contributed by atoms with E-state index in [1.807, 2.05) is 0 Å². The smallest absolute Gasteiger partial charge is 0.318 e. The third-order valence-corrected chi connectivity index (χ3v) is 3.34. The van der Waals surface area contributed by atoms with E-state index in [1.54, 1.807) is 4.90 Å². The normalized spacial score (nSPS) is 18.8. The van der Waals surface area contributed by atoms with E-state index in [0.717, 1.165) is 19.3 Å². The first-order chi connectivity index (χ1) is 9.60. The Balaban J connectivity index is 1.82. The van der Waals surface area contributed by atoms with Gasteiger partial charge >= 0.3 is 6.03 Å². The SMILES string of the molecule is CC(C)Cc1nc(CNC(=O)N2CCC[C@@H]2CO)no1. The average Bonchev–Trinajstić information content (AvgIpc) is 3.03. The molecule has 2 amide bonds. The number of carbonyl (C=O) groups is 1. The van der Waals surface area contributed by atoms with Crippen molar-refractivity contribution in [3.8, 4) is 0 Å². The summed E-state index contributed by atoms with van der Waals surface area (Å²) in [6, 6.07) is -0.256. The van der Waals surface area contributed by atoms with Gasteiger partial charge < -0.3 is 19.8 Å². The molecule has 1 saturated heterocycles. The highest BCUT2D eigenvalue weighted by Crippen LogP contribution is 2.16. The highest BCUT2D eigenvalue weighted by atomic mass is 16.5. The molecule has 2 rings (SSSR count). The summed E-state index contributed by atoms with van der Waals surface area (Å²) < 4.78 is 5.11. The second-order valence-electron chi connectivity index (χ2n) is 5.53. The van der Waals surface area contributed by atoms with Crippen LogP contribution in [-0.4, -0.2) is 45.4 Å². The van der Waals surface area contributed by atoms with Crippen LogP contribution in [-0.2, 0) is 13.0 Å². The van der Waals surface area contributed by atoms with Crippen molar-refractivity contribution in [2.75, 3.05) is 13.2 Å². The Morgan fingerprint density at radius 2 is 2.40 bits per heavy atom. The molecule has 1 aliphatic rings. The monoisotopic (exact) mass is 282 g/mol. The Bertz CT molecular complexity index is 447. The summed E-state index contributed by atoms with van der Waals surface area (Å²) in [6.07, 6.45) is 2.52. The molecule has 7 nitrogen and oxygen atoms in total. The topological polar surface area (TPSA) is 91.5 Å². The molecule has 20 heavy (non-hydrogen) atoms. The first-order valence-electron chi connectivity index (χ1n) is 7.07. The molecule has 1 atom stereocenters. The van der Waals surface area contributed by atoms with Crippen LogP contribution in [0.4, 0.5) is 4.79 Å². The molecule has 2 heterocycles. The molecule has 0 bridgehead atoms. The minimum atomic E-state index is -0.184. The summed E-state index contributed by atoms with van der Waals surface area (Å²) >= 11 is 0. The Labute approximate surface area is 118 Å². The van der Waals surface area contributed by atoms with Crippen molar-refractivity contribution < 1.29 is 14.4 Å².